The predicted molar refractivity (Wildman–Crippen MR) is 122 cm³/mol. The highest BCUT2D eigenvalue weighted by Crippen LogP contribution is 2.30. The van der Waals surface area contributed by atoms with Crippen molar-refractivity contribution in [2.24, 2.45) is 5.92 Å². The topological polar surface area (TPSA) is 53.8 Å². The fourth-order valence-electron chi connectivity index (χ4n) is 4.00. The van der Waals surface area contributed by atoms with Crippen LogP contribution in [0.4, 0.5) is 0 Å². The minimum atomic E-state index is -0.0245. The molecule has 3 rings (SSSR count). The van der Waals surface area contributed by atoms with Crippen LogP contribution >= 0.6 is 0 Å². The molecule has 5 nitrogen and oxygen atoms in total. The van der Waals surface area contributed by atoms with E-state index in [-0.39, 0.29) is 30.3 Å². The van der Waals surface area contributed by atoms with Gasteiger partial charge in [0, 0.05) is 18.5 Å². The summed E-state index contributed by atoms with van der Waals surface area (Å²) in [6, 6.07) is 14.0. The molecule has 31 heavy (non-hydrogen) atoms. The molecule has 1 heterocycles. The smallest absolute Gasteiger partial charge is 0.242 e. The van der Waals surface area contributed by atoms with Crippen LogP contribution in [0.1, 0.15) is 69.5 Å². The lowest BCUT2D eigenvalue weighted by molar-refractivity contribution is -0.144. The third-order valence-electron chi connectivity index (χ3n) is 6.04. The summed E-state index contributed by atoms with van der Waals surface area (Å²) in [6.07, 6.45) is 5.87. The van der Waals surface area contributed by atoms with Crippen LogP contribution in [0.15, 0.2) is 46.9 Å². The summed E-state index contributed by atoms with van der Waals surface area (Å²) in [4.78, 5) is 30.4. The van der Waals surface area contributed by atoms with Gasteiger partial charge in [0.1, 0.15) is 18.1 Å². The van der Waals surface area contributed by atoms with Crippen LogP contribution in [0.25, 0.3) is 0 Å². The van der Waals surface area contributed by atoms with Gasteiger partial charge >= 0.3 is 0 Å². The molecule has 5 heteroatoms. The highest BCUT2D eigenvalue weighted by molar-refractivity contribution is 5.86. The number of carbonyl (C=O) groups excluding carboxylic acids is 2. The Kier molecular flexibility index (Phi) is 8.33. The molecule has 1 fully saturated rings. The molecular formula is C26H36N2O3. The summed E-state index contributed by atoms with van der Waals surface area (Å²) in [5.74, 6) is 1.74. The van der Waals surface area contributed by atoms with Crippen LogP contribution in [0.5, 0.6) is 0 Å². The second kappa shape index (κ2) is 11.2. The van der Waals surface area contributed by atoms with Gasteiger partial charge in [0.15, 0.2) is 0 Å². The number of benzene rings is 1. The van der Waals surface area contributed by atoms with Gasteiger partial charge in [0.2, 0.25) is 11.8 Å². The number of furan rings is 1. The number of rotatable bonds is 12. The van der Waals surface area contributed by atoms with Crippen LogP contribution in [-0.2, 0) is 22.7 Å². The molecule has 0 aliphatic heterocycles. The van der Waals surface area contributed by atoms with E-state index in [0.717, 1.165) is 55.6 Å². The zero-order valence-electron chi connectivity index (χ0n) is 19.2. The van der Waals surface area contributed by atoms with Gasteiger partial charge in [-0.15, -0.1) is 0 Å². The quantitative estimate of drug-likeness (QED) is 0.463. The Morgan fingerprint density at radius 1 is 1.06 bits per heavy atom. The largest absolute Gasteiger partial charge is 0.464 e. The first-order valence-electron chi connectivity index (χ1n) is 11.7. The first-order valence-corrected chi connectivity index (χ1v) is 11.7. The molecule has 1 aromatic carbocycles. The van der Waals surface area contributed by atoms with E-state index in [4.69, 9.17) is 4.42 Å². The van der Waals surface area contributed by atoms with E-state index in [2.05, 4.69) is 13.8 Å². The summed E-state index contributed by atoms with van der Waals surface area (Å²) in [5, 5.41) is 0. The van der Waals surface area contributed by atoms with Crippen LogP contribution in [-0.4, -0.2) is 34.2 Å². The second-order valence-electron chi connectivity index (χ2n) is 8.69. The number of amides is 2. The lowest BCUT2D eigenvalue weighted by Crippen LogP contribution is -2.45. The molecule has 0 spiro atoms. The molecule has 0 radical (unpaired) electrons. The van der Waals surface area contributed by atoms with Gasteiger partial charge in [-0.25, -0.2) is 0 Å². The van der Waals surface area contributed by atoms with E-state index >= 15 is 0 Å². The minimum Gasteiger partial charge on any atom is -0.464 e. The number of aryl methyl sites for hydroxylation is 1. The Morgan fingerprint density at radius 3 is 2.39 bits per heavy atom. The molecule has 168 valence electrons. The highest BCUT2D eigenvalue weighted by atomic mass is 16.3. The first-order chi connectivity index (χ1) is 15.0. The molecule has 2 aromatic rings. The third-order valence-corrected chi connectivity index (χ3v) is 6.04. The van der Waals surface area contributed by atoms with Crippen molar-refractivity contribution in [3.8, 4) is 0 Å². The lowest BCUT2D eigenvalue weighted by atomic mass is 9.97. The molecule has 1 aromatic heterocycles. The summed E-state index contributed by atoms with van der Waals surface area (Å²) in [6.45, 7) is 7.18. The highest BCUT2D eigenvalue weighted by Gasteiger charge is 2.37. The normalized spacial score (nSPS) is 14.3. The zero-order chi connectivity index (χ0) is 22.2. The van der Waals surface area contributed by atoms with Gasteiger partial charge in [-0.1, -0.05) is 57.0 Å². The number of hydrogen-bond acceptors (Lipinski definition) is 3. The van der Waals surface area contributed by atoms with Crippen molar-refractivity contribution in [3.05, 3.63) is 59.5 Å². The number of nitrogens with zero attached hydrogens (tertiary/aromatic N) is 2. The lowest BCUT2D eigenvalue weighted by Gasteiger charge is -2.30. The van der Waals surface area contributed by atoms with Gasteiger partial charge in [-0.2, -0.15) is 0 Å². The average Bonchev–Trinajstić information content (AvgIpc) is 3.53. The van der Waals surface area contributed by atoms with Crippen molar-refractivity contribution < 1.29 is 14.0 Å². The van der Waals surface area contributed by atoms with Crippen molar-refractivity contribution in [2.45, 2.75) is 78.4 Å². The van der Waals surface area contributed by atoms with Crippen LogP contribution in [0.3, 0.4) is 0 Å². The third kappa shape index (κ3) is 6.71. The van der Waals surface area contributed by atoms with E-state index in [1.165, 1.54) is 0 Å². The fraction of sp³-hybridized carbons (Fsp3) is 0.538. The zero-order valence-corrected chi connectivity index (χ0v) is 19.2. The SMILES string of the molecule is CCCC[C@@H](CC)C(=O)N(CC(=O)N(Cc1ccccc1)Cc1ccc(C)o1)C1CC1. The summed E-state index contributed by atoms with van der Waals surface area (Å²) in [7, 11) is 0. The Hall–Kier alpha value is -2.56. The molecule has 0 unspecified atom stereocenters. The minimum absolute atomic E-state index is 0.0173. The van der Waals surface area contributed by atoms with Crippen LogP contribution in [0.2, 0.25) is 0 Å². The Bertz CT molecular complexity index is 841. The van der Waals surface area contributed by atoms with Crippen LogP contribution < -0.4 is 0 Å². The van der Waals surface area contributed by atoms with E-state index in [1.54, 1.807) is 0 Å². The molecule has 0 saturated heterocycles. The Balaban J connectivity index is 1.74. The van der Waals surface area contributed by atoms with Crippen molar-refractivity contribution >= 4 is 11.8 Å². The van der Waals surface area contributed by atoms with E-state index in [9.17, 15) is 9.59 Å². The van der Waals surface area contributed by atoms with Gasteiger partial charge in [-0.3, -0.25) is 9.59 Å². The fourth-order valence-corrected chi connectivity index (χ4v) is 4.00. The standard InChI is InChI=1S/C26H36N2O3/c1-4-6-12-22(5-2)26(30)28(23-14-15-23)19-25(29)27(17-21-10-8-7-9-11-21)18-24-16-13-20(3)31-24/h7-11,13,16,22-23H,4-6,12,14-15,17-19H2,1-3H3/t22-/m1/s1. The summed E-state index contributed by atoms with van der Waals surface area (Å²) < 4.78 is 5.74. The van der Waals surface area contributed by atoms with E-state index < -0.39 is 0 Å². The summed E-state index contributed by atoms with van der Waals surface area (Å²) >= 11 is 0. The molecule has 2 amide bonds. The molecule has 0 bridgehead atoms. The van der Waals surface area contributed by atoms with Gasteiger partial charge in [0.05, 0.1) is 6.54 Å². The van der Waals surface area contributed by atoms with Gasteiger partial charge < -0.3 is 14.2 Å². The maximum absolute atomic E-state index is 13.4. The molecule has 1 atom stereocenters. The average molecular weight is 425 g/mol. The maximum Gasteiger partial charge on any atom is 0.242 e. The molecular weight excluding hydrogens is 388 g/mol. The van der Waals surface area contributed by atoms with Crippen molar-refractivity contribution in [1.82, 2.24) is 9.80 Å². The van der Waals surface area contributed by atoms with Crippen molar-refractivity contribution in [3.63, 3.8) is 0 Å². The molecule has 0 N–H and O–H groups in total. The maximum atomic E-state index is 13.4. The van der Waals surface area contributed by atoms with Crippen molar-refractivity contribution in [1.29, 1.82) is 0 Å². The number of carbonyl (C=O) groups is 2. The first kappa shape index (κ1) is 23.1. The van der Waals surface area contributed by atoms with E-state index in [1.807, 2.05) is 59.2 Å². The number of hydrogen-bond donors (Lipinski definition) is 0. The van der Waals surface area contributed by atoms with Gasteiger partial charge in [-0.05, 0) is 50.3 Å². The van der Waals surface area contributed by atoms with Crippen molar-refractivity contribution in [2.75, 3.05) is 6.54 Å². The predicted octanol–water partition coefficient (Wildman–Crippen LogP) is 5.32. The molecule has 1 aliphatic rings. The van der Waals surface area contributed by atoms with Gasteiger partial charge in [0.25, 0.3) is 0 Å². The number of unbranched alkanes of at least 4 members (excludes halogenated alkanes) is 1. The molecule has 1 saturated carbocycles. The Morgan fingerprint density at radius 2 is 1.81 bits per heavy atom. The second-order valence-corrected chi connectivity index (χ2v) is 8.69. The monoisotopic (exact) mass is 424 g/mol. The molecule has 1 aliphatic carbocycles. The summed E-state index contributed by atoms with van der Waals surface area (Å²) in [5.41, 5.74) is 1.07. The van der Waals surface area contributed by atoms with E-state index in [0.29, 0.717) is 13.1 Å². The Labute approximate surface area is 186 Å². The van der Waals surface area contributed by atoms with Crippen LogP contribution in [0, 0.1) is 12.8 Å².